The van der Waals surface area contributed by atoms with E-state index in [2.05, 4.69) is 11.6 Å². The van der Waals surface area contributed by atoms with Crippen molar-refractivity contribution in [3.63, 3.8) is 0 Å². The first-order chi connectivity index (χ1) is 8.04. The predicted octanol–water partition coefficient (Wildman–Crippen LogP) is 3.59. The summed E-state index contributed by atoms with van der Waals surface area (Å²) >= 11 is 7.64. The molecule has 0 aliphatic carbocycles. The van der Waals surface area contributed by atoms with Gasteiger partial charge in [0, 0.05) is 11.1 Å². The summed E-state index contributed by atoms with van der Waals surface area (Å²) in [6.07, 6.45) is 3.03. The standard InChI is InChI=1S/C12H16ClNO2S/c1-8(5-6-17-2)14-11-7-9(13)3-4-10(11)12(15)16/h3-4,7-8,14H,5-6H2,1-2H3,(H,15,16). The predicted molar refractivity (Wildman–Crippen MR) is 74.5 cm³/mol. The van der Waals surface area contributed by atoms with Crippen LogP contribution in [0.4, 0.5) is 5.69 Å². The molecule has 0 aromatic heterocycles. The molecule has 0 bridgehead atoms. The van der Waals surface area contributed by atoms with Gasteiger partial charge in [-0.1, -0.05) is 11.6 Å². The van der Waals surface area contributed by atoms with E-state index in [0.29, 0.717) is 10.7 Å². The highest BCUT2D eigenvalue weighted by Crippen LogP contribution is 2.22. The number of hydrogen-bond acceptors (Lipinski definition) is 3. The van der Waals surface area contributed by atoms with Crippen LogP contribution in [0.2, 0.25) is 5.02 Å². The highest BCUT2D eigenvalue weighted by molar-refractivity contribution is 7.98. The summed E-state index contributed by atoms with van der Waals surface area (Å²) in [6, 6.07) is 4.98. The van der Waals surface area contributed by atoms with Gasteiger partial charge in [-0.2, -0.15) is 11.8 Å². The Morgan fingerprint density at radius 1 is 1.59 bits per heavy atom. The van der Waals surface area contributed by atoms with Crippen molar-refractivity contribution in [1.29, 1.82) is 0 Å². The summed E-state index contributed by atoms with van der Waals surface area (Å²) in [5.41, 5.74) is 0.837. The molecule has 1 aromatic rings. The summed E-state index contributed by atoms with van der Waals surface area (Å²) in [5, 5.41) is 12.8. The second kappa shape index (κ2) is 6.77. The van der Waals surface area contributed by atoms with Gasteiger partial charge in [0.1, 0.15) is 0 Å². The lowest BCUT2D eigenvalue weighted by molar-refractivity contribution is 0.0698. The fourth-order valence-electron chi connectivity index (χ4n) is 1.45. The van der Waals surface area contributed by atoms with Crippen LogP contribution in [-0.2, 0) is 0 Å². The van der Waals surface area contributed by atoms with Gasteiger partial charge in [0.15, 0.2) is 0 Å². The van der Waals surface area contributed by atoms with Gasteiger partial charge in [-0.25, -0.2) is 4.79 Å². The molecule has 2 N–H and O–H groups in total. The van der Waals surface area contributed by atoms with Gasteiger partial charge in [-0.3, -0.25) is 0 Å². The average molecular weight is 274 g/mol. The third-order valence-corrected chi connectivity index (χ3v) is 3.25. The molecular weight excluding hydrogens is 258 g/mol. The molecule has 0 spiro atoms. The molecule has 0 saturated heterocycles. The van der Waals surface area contributed by atoms with Gasteiger partial charge in [-0.05, 0) is 43.6 Å². The second-order valence-corrected chi connectivity index (χ2v) is 5.24. The molecule has 0 fully saturated rings. The summed E-state index contributed by atoms with van der Waals surface area (Å²) in [4.78, 5) is 11.0. The van der Waals surface area contributed by atoms with E-state index in [-0.39, 0.29) is 11.6 Å². The molecule has 0 radical (unpaired) electrons. The van der Waals surface area contributed by atoms with Gasteiger partial charge >= 0.3 is 5.97 Å². The van der Waals surface area contributed by atoms with E-state index in [9.17, 15) is 4.79 Å². The monoisotopic (exact) mass is 273 g/mol. The van der Waals surface area contributed by atoms with Crippen LogP contribution in [0.5, 0.6) is 0 Å². The molecular formula is C12H16ClNO2S. The van der Waals surface area contributed by atoms with Crippen LogP contribution in [0, 0.1) is 0 Å². The van der Waals surface area contributed by atoms with E-state index in [0.717, 1.165) is 12.2 Å². The molecule has 1 unspecified atom stereocenters. The number of anilines is 1. The number of benzene rings is 1. The Morgan fingerprint density at radius 2 is 2.29 bits per heavy atom. The maximum atomic E-state index is 11.0. The first kappa shape index (κ1) is 14.2. The summed E-state index contributed by atoms with van der Waals surface area (Å²) < 4.78 is 0. The molecule has 0 aliphatic rings. The third kappa shape index (κ3) is 4.48. The number of halogens is 1. The molecule has 3 nitrogen and oxygen atoms in total. The number of aromatic carboxylic acids is 1. The van der Waals surface area contributed by atoms with Crippen LogP contribution in [0.3, 0.4) is 0 Å². The number of carboxylic acids is 1. The Morgan fingerprint density at radius 3 is 2.88 bits per heavy atom. The molecule has 0 heterocycles. The first-order valence-electron chi connectivity index (χ1n) is 5.33. The molecule has 1 aromatic carbocycles. The number of nitrogens with one attached hydrogen (secondary N) is 1. The first-order valence-corrected chi connectivity index (χ1v) is 7.10. The van der Waals surface area contributed by atoms with Crippen molar-refractivity contribution < 1.29 is 9.90 Å². The highest BCUT2D eigenvalue weighted by atomic mass is 35.5. The average Bonchev–Trinajstić information content (AvgIpc) is 2.26. The lowest BCUT2D eigenvalue weighted by Gasteiger charge is -2.16. The maximum Gasteiger partial charge on any atom is 0.337 e. The zero-order chi connectivity index (χ0) is 12.8. The molecule has 1 rings (SSSR count). The molecule has 1 atom stereocenters. The lowest BCUT2D eigenvalue weighted by Crippen LogP contribution is -2.18. The van der Waals surface area contributed by atoms with E-state index in [1.54, 1.807) is 23.9 Å². The molecule has 94 valence electrons. The Labute approximate surface area is 111 Å². The molecule has 0 amide bonds. The highest BCUT2D eigenvalue weighted by Gasteiger charge is 2.12. The SMILES string of the molecule is CSCCC(C)Nc1cc(Cl)ccc1C(=O)O. The van der Waals surface area contributed by atoms with Gasteiger partial charge in [0.2, 0.25) is 0 Å². The third-order valence-electron chi connectivity index (χ3n) is 2.37. The second-order valence-electron chi connectivity index (χ2n) is 3.82. The van der Waals surface area contributed by atoms with Crippen molar-refractivity contribution in [2.45, 2.75) is 19.4 Å². The van der Waals surface area contributed by atoms with Gasteiger partial charge in [-0.15, -0.1) is 0 Å². The van der Waals surface area contributed by atoms with E-state index in [4.69, 9.17) is 16.7 Å². The number of carboxylic acid groups (broad SMARTS) is 1. The fraction of sp³-hybridized carbons (Fsp3) is 0.417. The quantitative estimate of drug-likeness (QED) is 0.832. The number of thioether (sulfide) groups is 1. The minimum Gasteiger partial charge on any atom is -0.478 e. The molecule has 0 aliphatic heterocycles. The van der Waals surface area contributed by atoms with Crippen molar-refractivity contribution in [3.05, 3.63) is 28.8 Å². The normalized spacial score (nSPS) is 12.2. The van der Waals surface area contributed by atoms with E-state index >= 15 is 0 Å². The summed E-state index contributed by atoms with van der Waals surface area (Å²) in [5.74, 6) is 0.0955. The van der Waals surface area contributed by atoms with Crippen LogP contribution in [0.15, 0.2) is 18.2 Å². The van der Waals surface area contributed by atoms with Gasteiger partial charge < -0.3 is 10.4 Å². The zero-order valence-corrected chi connectivity index (χ0v) is 11.4. The minimum absolute atomic E-state index is 0.221. The topological polar surface area (TPSA) is 49.3 Å². The van der Waals surface area contributed by atoms with E-state index in [1.807, 2.05) is 6.92 Å². The Balaban J connectivity index is 2.81. The van der Waals surface area contributed by atoms with Crippen molar-refractivity contribution in [1.82, 2.24) is 0 Å². The molecule has 5 heteroatoms. The zero-order valence-electron chi connectivity index (χ0n) is 9.87. The van der Waals surface area contributed by atoms with Gasteiger partial charge in [0.05, 0.1) is 11.3 Å². The Hall–Kier alpha value is -0.870. The van der Waals surface area contributed by atoms with E-state index in [1.165, 1.54) is 6.07 Å². The molecule has 17 heavy (non-hydrogen) atoms. The van der Waals surface area contributed by atoms with Gasteiger partial charge in [0.25, 0.3) is 0 Å². The van der Waals surface area contributed by atoms with Crippen LogP contribution < -0.4 is 5.32 Å². The molecule has 0 saturated carbocycles. The summed E-state index contributed by atoms with van der Waals surface area (Å²) in [6.45, 7) is 2.03. The van der Waals surface area contributed by atoms with Crippen LogP contribution in [0.25, 0.3) is 0 Å². The number of hydrogen-bond donors (Lipinski definition) is 2. The number of carbonyl (C=O) groups is 1. The summed E-state index contributed by atoms with van der Waals surface area (Å²) in [7, 11) is 0. The maximum absolute atomic E-state index is 11.0. The fourth-order valence-corrected chi connectivity index (χ4v) is 2.22. The van der Waals surface area contributed by atoms with Crippen molar-refractivity contribution in [2.75, 3.05) is 17.3 Å². The smallest absolute Gasteiger partial charge is 0.337 e. The van der Waals surface area contributed by atoms with E-state index < -0.39 is 5.97 Å². The van der Waals surface area contributed by atoms with Crippen LogP contribution >= 0.6 is 23.4 Å². The largest absolute Gasteiger partial charge is 0.478 e. The van der Waals surface area contributed by atoms with Crippen LogP contribution in [-0.4, -0.2) is 29.1 Å². The Bertz CT molecular complexity index is 398. The minimum atomic E-state index is -0.943. The van der Waals surface area contributed by atoms with Crippen LogP contribution in [0.1, 0.15) is 23.7 Å². The van der Waals surface area contributed by atoms with Crippen molar-refractivity contribution in [2.24, 2.45) is 0 Å². The van der Waals surface area contributed by atoms with Crippen molar-refractivity contribution in [3.8, 4) is 0 Å². The van der Waals surface area contributed by atoms with Crippen molar-refractivity contribution >= 4 is 35.0 Å². The lowest BCUT2D eigenvalue weighted by atomic mass is 10.1. The number of rotatable bonds is 6. The Kier molecular flexibility index (Phi) is 5.65.